The molecule has 0 amide bonds. The number of rotatable bonds is 6. The Kier molecular flexibility index (Phi) is 5.03. The highest BCUT2D eigenvalue weighted by molar-refractivity contribution is 7.89. The summed E-state index contributed by atoms with van der Waals surface area (Å²) >= 11 is 5.58. The first-order chi connectivity index (χ1) is 9.19. The molecule has 0 bridgehead atoms. The highest BCUT2D eigenvalue weighted by atomic mass is 35.5. The van der Waals surface area contributed by atoms with E-state index in [-0.39, 0.29) is 11.4 Å². The van der Waals surface area contributed by atoms with Gasteiger partial charge in [-0.25, -0.2) is 8.42 Å². The van der Waals surface area contributed by atoms with E-state index in [1.807, 2.05) is 4.72 Å². The highest BCUT2D eigenvalue weighted by Crippen LogP contribution is 2.27. The van der Waals surface area contributed by atoms with Gasteiger partial charge in [-0.3, -0.25) is 14.9 Å². The van der Waals surface area contributed by atoms with Crippen molar-refractivity contribution in [1.29, 1.82) is 0 Å². The molecule has 110 valence electrons. The van der Waals surface area contributed by atoms with Gasteiger partial charge in [0.2, 0.25) is 10.0 Å². The molecule has 1 atom stereocenters. The molecule has 20 heavy (non-hydrogen) atoms. The van der Waals surface area contributed by atoms with Gasteiger partial charge in [0.05, 0.1) is 4.92 Å². The van der Waals surface area contributed by atoms with Crippen LogP contribution in [0.5, 0.6) is 0 Å². The summed E-state index contributed by atoms with van der Waals surface area (Å²) in [4.78, 5) is 20.1. The first kappa shape index (κ1) is 16.3. The lowest BCUT2D eigenvalue weighted by Crippen LogP contribution is -2.40. The topological polar surface area (TPSA) is 127 Å². The Morgan fingerprint density at radius 2 is 2.15 bits per heavy atom. The van der Waals surface area contributed by atoms with E-state index < -0.39 is 37.5 Å². The number of sulfonamides is 1. The fraction of sp³-hybridized carbons (Fsp3) is 0.300. The molecule has 0 spiro atoms. The molecule has 0 saturated carbocycles. The smallest absolute Gasteiger partial charge is 0.321 e. The summed E-state index contributed by atoms with van der Waals surface area (Å²) in [6.07, 6.45) is -0.00402. The van der Waals surface area contributed by atoms with Gasteiger partial charge in [0.25, 0.3) is 5.69 Å². The average molecular weight is 323 g/mol. The number of carboxylic acids is 1. The fourth-order valence-corrected chi connectivity index (χ4v) is 3.01. The van der Waals surface area contributed by atoms with Crippen LogP contribution >= 0.6 is 11.6 Å². The Hall–Kier alpha value is -1.71. The van der Waals surface area contributed by atoms with Crippen molar-refractivity contribution in [1.82, 2.24) is 4.72 Å². The number of carboxylic acid groups (broad SMARTS) is 1. The van der Waals surface area contributed by atoms with Crippen LogP contribution in [0.3, 0.4) is 0 Å². The summed E-state index contributed by atoms with van der Waals surface area (Å²) in [5.41, 5.74) is -0.717. The second-order valence-electron chi connectivity index (χ2n) is 3.79. The Morgan fingerprint density at radius 3 is 2.60 bits per heavy atom. The van der Waals surface area contributed by atoms with E-state index in [1.54, 1.807) is 0 Å². The number of aliphatic carboxylic acids is 1. The Labute approximate surface area is 119 Å². The third kappa shape index (κ3) is 3.65. The van der Waals surface area contributed by atoms with Crippen LogP contribution in [0, 0.1) is 10.1 Å². The number of nitro groups is 1. The molecule has 10 heteroatoms. The molecule has 0 aliphatic carbocycles. The molecule has 0 saturated heterocycles. The van der Waals surface area contributed by atoms with Crippen LogP contribution in [0.2, 0.25) is 5.02 Å². The molecule has 0 unspecified atom stereocenters. The molecule has 1 aromatic rings. The number of nitrogens with zero attached hydrogens (tertiary/aromatic N) is 1. The van der Waals surface area contributed by atoms with Crippen molar-refractivity contribution in [3.05, 3.63) is 33.3 Å². The maximum atomic E-state index is 12.0. The van der Waals surface area contributed by atoms with Gasteiger partial charge in [0.1, 0.15) is 6.04 Å². The summed E-state index contributed by atoms with van der Waals surface area (Å²) < 4.78 is 25.9. The van der Waals surface area contributed by atoms with Gasteiger partial charge in [-0.1, -0.05) is 18.5 Å². The molecule has 0 heterocycles. The van der Waals surface area contributed by atoms with Crippen molar-refractivity contribution in [2.24, 2.45) is 0 Å². The van der Waals surface area contributed by atoms with Crippen molar-refractivity contribution in [3.8, 4) is 0 Å². The SMILES string of the molecule is CC[C@@H](NS(=O)(=O)c1ccc(Cl)cc1[N+](=O)[O-])C(=O)O. The van der Waals surface area contributed by atoms with Gasteiger partial charge in [0, 0.05) is 11.1 Å². The van der Waals surface area contributed by atoms with Crippen molar-refractivity contribution in [3.63, 3.8) is 0 Å². The first-order valence-corrected chi connectivity index (χ1v) is 7.24. The van der Waals surface area contributed by atoms with Crippen LogP contribution in [-0.2, 0) is 14.8 Å². The van der Waals surface area contributed by atoms with Crippen LogP contribution in [0.25, 0.3) is 0 Å². The van der Waals surface area contributed by atoms with E-state index in [2.05, 4.69) is 0 Å². The number of halogens is 1. The van der Waals surface area contributed by atoms with E-state index in [4.69, 9.17) is 16.7 Å². The predicted molar refractivity (Wildman–Crippen MR) is 70.1 cm³/mol. The lowest BCUT2D eigenvalue weighted by Gasteiger charge is -2.12. The summed E-state index contributed by atoms with van der Waals surface area (Å²) in [5, 5.41) is 19.7. The lowest BCUT2D eigenvalue weighted by molar-refractivity contribution is -0.387. The monoisotopic (exact) mass is 322 g/mol. The van der Waals surface area contributed by atoms with Gasteiger partial charge < -0.3 is 5.11 Å². The number of nitro benzene ring substituents is 1. The molecule has 0 aliphatic rings. The van der Waals surface area contributed by atoms with E-state index in [9.17, 15) is 23.3 Å². The molecule has 0 aromatic heterocycles. The average Bonchev–Trinajstić information content (AvgIpc) is 2.35. The van der Waals surface area contributed by atoms with Crippen LogP contribution in [0.1, 0.15) is 13.3 Å². The molecule has 1 rings (SSSR count). The minimum Gasteiger partial charge on any atom is -0.480 e. The quantitative estimate of drug-likeness (QED) is 0.602. The van der Waals surface area contributed by atoms with Crippen molar-refractivity contribution >= 4 is 33.3 Å². The molecule has 1 aromatic carbocycles. The Morgan fingerprint density at radius 1 is 1.55 bits per heavy atom. The molecule has 0 fully saturated rings. The molecule has 0 aliphatic heterocycles. The van der Waals surface area contributed by atoms with Crippen molar-refractivity contribution in [2.75, 3.05) is 0 Å². The van der Waals surface area contributed by atoms with Crippen LogP contribution < -0.4 is 4.72 Å². The number of hydrogen-bond donors (Lipinski definition) is 2. The van der Waals surface area contributed by atoms with E-state index in [0.717, 1.165) is 12.1 Å². The lowest BCUT2D eigenvalue weighted by atomic mass is 10.2. The highest BCUT2D eigenvalue weighted by Gasteiger charge is 2.30. The first-order valence-electron chi connectivity index (χ1n) is 5.38. The summed E-state index contributed by atoms with van der Waals surface area (Å²) in [6.45, 7) is 1.47. The van der Waals surface area contributed by atoms with Gasteiger partial charge in [-0.15, -0.1) is 0 Å². The van der Waals surface area contributed by atoms with Crippen LogP contribution in [-0.4, -0.2) is 30.5 Å². The van der Waals surface area contributed by atoms with Gasteiger partial charge >= 0.3 is 5.97 Å². The summed E-state index contributed by atoms with van der Waals surface area (Å²) in [7, 11) is -4.34. The third-order valence-corrected chi connectivity index (χ3v) is 4.17. The predicted octanol–water partition coefficient (Wildman–Crippen LogP) is 1.39. The largest absolute Gasteiger partial charge is 0.480 e. The van der Waals surface area contributed by atoms with Crippen LogP contribution in [0.15, 0.2) is 23.1 Å². The van der Waals surface area contributed by atoms with E-state index >= 15 is 0 Å². The Bertz CT molecular complexity index is 645. The third-order valence-electron chi connectivity index (χ3n) is 2.41. The van der Waals surface area contributed by atoms with E-state index in [1.165, 1.54) is 13.0 Å². The minimum atomic E-state index is -4.34. The second kappa shape index (κ2) is 6.16. The standard InChI is InChI=1S/C10H11ClN2O6S/c1-2-7(10(14)15)12-20(18,19)9-4-3-6(11)5-8(9)13(16)17/h3-5,7,12H,2H2,1H3,(H,14,15)/t7-/m1/s1. The molecular formula is C10H11ClN2O6S. The number of hydrogen-bond acceptors (Lipinski definition) is 5. The van der Waals surface area contributed by atoms with Gasteiger partial charge in [-0.05, 0) is 18.6 Å². The fourth-order valence-electron chi connectivity index (χ4n) is 1.42. The van der Waals surface area contributed by atoms with E-state index in [0.29, 0.717) is 0 Å². The summed E-state index contributed by atoms with van der Waals surface area (Å²) in [5.74, 6) is -1.37. The zero-order valence-corrected chi connectivity index (χ0v) is 11.8. The molecule has 0 radical (unpaired) electrons. The minimum absolute atomic E-state index is 0.000858. The van der Waals surface area contributed by atoms with Gasteiger partial charge in [-0.2, -0.15) is 4.72 Å². The zero-order chi connectivity index (χ0) is 15.5. The van der Waals surface area contributed by atoms with Crippen molar-refractivity contribution < 1.29 is 23.2 Å². The molecular weight excluding hydrogens is 312 g/mol. The molecule has 2 N–H and O–H groups in total. The number of nitrogens with one attached hydrogen (secondary N) is 1. The number of benzene rings is 1. The number of carbonyl (C=O) groups is 1. The Balaban J connectivity index is 3.29. The maximum absolute atomic E-state index is 12.0. The molecule has 8 nitrogen and oxygen atoms in total. The van der Waals surface area contributed by atoms with Crippen molar-refractivity contribution in [2.45, 2.75) is 24.3 Å². The summed E-state index contributed by atoms with van der Waals surface area (Å²) in [6, 6.07) is 1.65. The zero-order valence-electron chi connectivity index (χ0n) is 10.2. The maximum Gasteiger partial charge on any atom is 0.321 e. The second-order valence-corrected chi connectivity index (χ2v) is 5.91. The van der Waals surface area contributed by atoms with Crippen LogP contribution in [0.4, 0.5) is 5.69 Å². The van der Waals surface area contributed by atoms with Gasteiger partial charge in [0.15, 0.2) is 4.90 Å². The normalized spacial score (nSPS) is 12.9.